The summed E-state index contributed by atoms with van der Waals surface area (Å²) >= 11 is 0. The molecule has 56 valence electrons. The van der Waals surface area contributed by atoms with Crippen molar-refractivity contribution in [2.24, 2.45) is 11.8 Å². The molecule has 1 fully saturated rings. The summed E-state index contributed by atoms with van der Waals surface area (Å²) in [6.45, 7) is 10.4. The SMILES string of the molecule is CC.CC1COC[C@H]1C. The van der Waals surface area contributed by atoms with Crippen molar-refractivity contribution in [1.82, 2.24) is 0 Å². The van der Waals surface area contributed by atoms with Gasteiger partial charge in [-0.15, -0.1) is 0 Å². The van der Waals surface area contributed by atoms with E-state index in [1.807, 2.05) is 13.8 Å². The smallest absolute Gasteiger partial charge is 0.0495 e. The van der Waals surface area contributed by atoms with E-state index >= 15 is 0 Å². The van der Waals surface area contributed by atoms with Crippen molar-refractivity contribution >= 4 is 0 Å². The molecule has 0 aromatic heterocycles. The molecule has 1 unspecified atom stereocenters. The predicted octanol–water partition coefficient (Wildman–Crippen LogP) is 2.32. The Morgan fingerprint density at radius 2 is 1.33 bits per heavy atom. The lowest BCUT2D eigenvalue weighted by Gasteiger charge is -2.01. The fourth-order valence-electron chi connectivity index (χ4n) is 0.768. The Hall–Kier alpha value is -0.0400. The van der Waals surface area contributed by atoms with E-state index in [1.54, 1.807) is 0 Å². The minimum Gasteiger partial charge on any atom is -0.381 e. The average molecular weight is 130 g/mol. The normalized spacial score (nSPS) is 33.3. The van der Waals surface area contributed by atoms with Crippen molar-refractivity contribution in [2.45, 2.75) is 27.7 Å². The summed E-state index contributed by atoms with van der Waals surface area (Å²) in [5, 5.41) is 0. The molecule has 1 heterocycles. The van der Waals surface area contributed by atoms with Gasteiger partial charge >= 0.3 is 0 Å². The molecule has 1 heteroatoms. The number of hydrogen-bond donors (Lipinski definition) is 0. The summed E-state index contributed by atoms with van der Waals surface area (Å²) in [4.78, 5) is 0. The molecule has 0 aromatic rings. The summed E-state index contributed by atoms with van der Waals surface area (Å²) in [6.07, 6.45) is 0. The van der Waals surface area contributed by atoms with Crippen molar-refractivity contribution < 1.29 is 4.74 Å². The Morgan fingerprint density at radius 3 is 1.44 bits per heavy atom. The van der Waals surface area contributed by atoms with Crippen LogP contribution in [0.25, 0.3) is 0 Å². The highest BCUT2D eigenvalue weighted by Gasteiger charge is 2.18. The second-order valence-electron chi connectivity index (χ2n) is 2.49. The molecule has 1 saturated heterocycles. The Morgan fingerprint density at radius 1 is 1.00 bits per heavy atom. The first kappa shape index (κ1) is 8.96. The molecular formula is C8H18O. The van der Waals surface area contributed by atoms with Crippen LogP contribution in [0, 0.1) is 11.8 Å². The molecule has 0 N–H and O–H groups in total. The first-order chi connectivity index (χ1) is 4.30. The second kappa shape index (κ2) is 4.80. The molecule has 1 aliphatic rings. The molecule has 9 heavy (non-hydrogen) atoms. The van der Waals surface area contributed by atoms with E-state index in [4.69, 9.17) is 4.74 Å². The van der Waals surface area contributed by atoms with E-state index in [1.165, 1.54) is 0 Å². The van der Waals surface area contributed by atoms with Gasteiger partial charge in [-0.05, 0) is 11.8 Å². The van der Waals surface area contributed by atoms with Crippen LogP contribution in [-0.4, -0.2) is 13.2 Å². The fraction of sp³-hybridized carbons (Fsp3) is 1.00. The standard InChI is InChI=1S/C6H12O.C2H6/c1-5-3-7-4-6(5)2;1-2/h5-6H,3-4H2,1-2H3;1-2H3/t5-,6?;/m1./s1. The summed E-state index contributed by atoms with van der Waals surface area (Å²) in [7, 11) is 0. The van der Waals surface area contributed by atoms with Gasteiger partial charge in [0.1, 0.15) is 0 Å². The summed E-state index contributed by atoms with van der Waals surface area (Å²) in [6, 6.07) is 0. The van der Waals surface area contributed by atoms with Gasteiger partial charge in [-0.1, -0.05) is 27.7 Å². The zero-order chi connectivity index (χ0) is 7.28. The highest BCUT2D eigenvalue weighted by Crippen LogP contribution is 2.17. The Bertz CT molecular complexity index is 53.6. The zero-order valence-corrected chi connectivity index (χ0v) is 6.98. The molecule has 2 atom stereocenters. The molecule has 0 radical (unpaired) electrons. The quantitative estimate of drug-likeness (QED) is 0.489. The van der Waals surface area contributed by atoms with E-state index in [0.717, 1.165) is 25.0 Å². The predicted molar refractivity (Wildman–Crippen MR) is 40.5 cm³/mol. The van der Waals surface area contributed by atoms with Gasteiger partial charge in [0.15, 0.2) is 0 Å². The first-order valence-electron chi connectivity index (χ1n) is 3.88. The molecule has 0 spiro atoms. The first-order valence-corrected chi connectivity index (χ1v) is 3.88. The van der Waals surface area contributed by atoms with Gasteiger partial charge in [0.25, 0.3) is 0 Å². The van der Waals surface area contributed by atoms with Gasteiger partial charge < -0.3 is 4.74 Å². The van der Waals surface area contributed by atoms with E-state index in [2.05, 4.69) is 13.8 Å². The maximum Gasteiger partial charge on any atom is 0.0495 e. The highest BCUT2D eigenvalue weighted by atomic mass is 16.5. The zero-order valence-electron chi connectivity index (χ0n) is 6.98. The van der Waals surface area contributed by atoms with Crippen LogP contribution in [-0.2, 0) is 4.74 Å². The van der Waals surface area contributed by atoms with Crippen molar-refractivity contribution in [1.29, 1.82) is 0 Å². The average Bonchev–Trinajstić information content (AvgIpc) is 2.23. The molecule has 0 bridgehead atoms. The lowest BCUT2D eigenvalue weighted by molar-refractivity contribution is 0.183. The van der Waals surface area contributed by atoms with Crippen molar-refractivity contribution in [3.8, 4) is 0 Å². The molecule has 0 aliphatic carbocycles. The van der Waals surface area contributed by atoms with E-state index in [-0.39, 0.29) is 0 Å². The van der Waals surface area contributed by atoms with Crippen LogP contribution >= 0.6 is 0 Å². The van der Waals surface area contributed by atoms with Crippen molar-refractivity contribution in [3.63, 3.8) is 0 Å². The van der Waals surface area contributed by atoms with Gasteiger partial charge in [0, 0.05) is 13.2 Å². The highest BCUT2D eigenvalue weighted by molar-refractivity contribution is 4.65. The molecular weight excluding hydrogens is 112 g/mol. The molecule has 0 saturated carbocycles. The van der Waals surface area contributed by atoms with Crippen LogP contribution in [0.2, 0.25) is 0 Å². The Balaban J connectivity index is 0.000000291. The maximum absolute atomic E-state index is 5.17. The summed E-state index contributed by atoms with van der Waals surface area (Å²) in [5.74, 6) is 1.58. The summed E-state index contributed by atoms with van der Waals surface area (Å²) in [5.41, 5.74) is 0. The van der Waals surface area contributed by atoms with E-state index in [9.17, 15) is 0 Å². The third kappa shape index (κ3) is 2.85. The van der Waals surface area contributed by atoms with E-state index in [0.29, 0.717) is 0 Å². The van der Waals surface area contributed by atoms with Crippen LogP contribution in [0.4, 0.5) is 0 Å². The minimum absolute atomic E-state index is 0.792. The number of rotatable bonds is 0. The fourth-order valence-corrected chi connectivity index (χ4v) is 0.768. The maximum atomic E-state index is 5.17. The molecule has 1 rings (SSSR count). The van der Waals surface area contributed by atoms with Gasteiger partial charge in [0.05, 0.1) is 0 Å². The van der Waals surface area contributed by atoms with Crippen LogP contribution in [0.15, 0.2) is 0 Å². The number of hydrogen-bond acceptors (Lipinski definition) is 1. The van der Waals surface area contributed by atoms with Gasteiger partial charge in [0.2, 0.25) is 0 Å². The topological polar surface area (TPSA) is 9.23 Å². The van der Waals surface area contributed by atoms with Gasteiger partial charge in [-0.2, -0.15) is 0 Å². The minimum atomic E-state index is 0.792. The van der Waals surface area contributed by atoms with Crippen LogP contribution in [0.1, 0.15) is 27.7 Å². The van der Waals surface area contributed by atoms with Crippen LogP contribution < -0.4 is 0 Å². The second-order valence-corrected chi connectivity index (χ2v) is 2.49. The largest absolute Gasteiger partial charge is 0.381 e. The molecule has 0 amide bonds. The third-order valence-corrected chi connectivity index (χ3v) is 1.73. The summed E-state index contributed by atoms with van der Waals surface area (Å²) < 4.78 is 5.17. The molecule has 0 aromatic carbocycles. The van der Waals surface area contributed by atoms with Crippen LogP contribution in [0.5, 0.6) is 0 Å². The lowest BCUT2D eigenvalue weighted by atomic mass is 10.0. The van der Waals surface area contributed by atoms with Gasteiger partial charge in [-0.3, -0.25) is 0 Å². The number of ether oxygens (including phenoxy) is 1. The Labute approximate surface area is 58.4 Å². The van der Waals surface area contributed by atoms with Gasteiger partial charge in [-0.25, -0.2) is 0 Å². The molecule has 1 aliphatic heterocycles. The van der Waals surface area contributed by atoms with Crippen molar-refractivity contribution in [2.75, 3.05) is 13.2 Å². The Kier molecular flexibility index (Phi) is 4.78. The monoisotopic (exact) mass is 130 g/mol. The third-order valence-electron chi connectivity index (χ3n) is 1.73. The molecule has 1 nitrogen and oxygen atoms in total. The van der Waals surface area contributed by atoms with Crippen molar-refractivity contribution in [3.05, 3.63) is 0 Å². The van der Waals surface area contributed by atoms with Crippen LogP contribution in [0.3, 0.4) is 0 Å². The lowest BCUT2D eigenvalue weighted by Crippen LogP contribution is -2.01. The van der Waals surface area contributed by atoms with E-state index < -0.39 is 0 Å².